The number of carbonyl (C=O) groups is 3. The fourth-order valence-electron chi connectivity index (χ4n) is 4.60. The summed E-state index contributed by atoms with van der Waals surface area (Å²) in [5.41, 5.74) is 1.99. The van der Waals surface area contributed by atoms with Crippen LogP contribution < -0.4 is 10.1 Å². The molecule has 0 saturated carbocycles. The van der Waals surface area contributed by atoms with Crippen molar-refractivity contribution in [1.82, 2.24) is 20.0 Å². The van der Waals surface area contributed by atoms with Crippen LogP contribution in [0.1, 0.15) is 28.9 Å². The lowest BCUT2D eigenvalue weighted by molar-refractivity contribution is -0.139. The number of urea groups is 1. The van der Waals surface area contributed by atoms with Crippen LogP contribution in [-0.4, -0.2) is 86.1 Å². The Kier molecular flexibility index (Phi) is 8.81. The first-order chi connectivity index (χ1) is 18.2. The second kappa shape index (κ2) is 12.1. The van der Waals surface area contributed by atoms with E-state index in [1.807, 2.05) is 0 Å². The van der Waals surface area contributed by atoms with Gasteiger partial charge in [-0.25, -0.2) is 9.59 Å². The van der Waals surface area contributed by atoms with E-state index in [4.69, 9.17) is 32.7 Å². The van der Waals surface area contributed by atoms with E-state index in [2.05, 4.69) is 10.2 Å². The highest BCUT2D eigenvalue weighted by Crippen LogP contribution is 2.36. The molecule has 1 unspecified atom stereocenters. The van der Waals surface area contributed by atoms with Gasteiger partial charge in [-0.15, -0.1) is 0 Å². The summed E-state index contributed by atoms with van der Waals surface area (Å²) in [6.45, 7) is 4.40. The molecule has 4 rings (SSSR count). The number of carbonyl (C=O) groups excluding carboxylic acids is 3. The zero-order valence-corrected chi connectivity index (χ0v) is 23.0. The molecule has 9 nitrogen and oxygen atoms in total. The average molecular weight is 561 g/mol. The van der Waals surface area contributed by atoms with Crippen molar-refractivity contribution >= 4 is 41.1 Å². The third kappa shape index (κ3) is 5.90. The molecule has 11 heteroatoms. The van der Waals surface area contributed by atoms with Gasteiger partial charge >= 0.3 is 12.0 Å². The van der Waals surface area contributed by atoms with Gasteiger partial charge in [-0.2, -0.15) is 0 Å². The number of nitrogens with one attached hydrogen (secondary N) is 1. The van der Waals surface area contributed by atoms with Crippen LogP contribution in [0.25, 0.3) is 0 Å². The Bertz CT molecular complexity index is 1240. The van der Waals surface area contributed by atoms with E-state index in [-0.39, 0.29) is 18.5 Å². The third-order valence-electron chi connectivity index (χ3n) is 6.72. The summed E-state index contributed by atoms with van der Waals surface area (Å²) in [5.74, 6) is 0.111. The minimum atomic E-state index is -0.796. The molecule has 2 aromatic carbocycles. The number of methoxy groups -OCH3 is 1. The van der Waals surface area contributed by atoms with Crippen molar-refractivity contribution in [3.8, 4) is 5.75 Å². The van der Waals surface area contributed by atoms with Crippen molar-refractivity contribution in [2.75, 3.05) is 53.5 Å². The Morgan fingerprint density at radius 3 is 2.34 bits per heavy atom. The molecule has 0 spiro atoms. The van der Waals surface area contributed by atoms with Gasteiger partial charge < -0.3 is 19.7 Å². The summed E-state index contributed by atoms with van der Waals surface area (Å²) >= 11 is 12.5. The molecule has 0 radical (unpaired) electrons. The van der Waals surface area contributed by atoms with Gasteiger partial charge in [-0.05, 0) is 48.9 Å². The van der Waals surface area contributed by atoms with Gasteiger partial charge in [0.15, 0.2) is 0 Å². The SMILES string of the molecule is CCOC(=O)C1=C(CN2CCN(C(=O)c3ccc(OC)cc3)CC2)N(C)C(=O)NC1c1ccc(Cl)cc1Cl. The highest BCUT2D eigenvalue weighted by Gasteiger charge is 2.38. The Morgan fingerprint density at radius 1 is 1.05 bits per heavy atom. The van der Waals surface area contributed by atoms with Crippen LogP contribution >= 0.6 is 23.2 Å². The summed E-state index contributed by atoms with van der Waals surface area (Å²) < 4.78 is 10.6. The van der Waals surface area contributed by atoms with E-state index in [0.29, 0.717) is 70.9 Å². The Morgan fingerprint density at radius 2 is 1.74 bits per heavy atom. The van der Waals surface area contributed by atoms with Gasteiger partial charge in [0.25, 0.3) is 5.91 Å². The van der Waals surface area contributed by atoms with Crippen LogP contribution in [-0.2, 0) is 9.53 Å². The molecule has 202 valence electrons. The molecular weight excluding hydrogens is 531 g/mol. The van der Waals surface area contributed by atoms with Gasteiger partial charge in [-0.3, -0.25) is 14.6 Å². The van der Waals surface area contributed by atoms with E-state index in [1.54, 1.807) is 68.4 Å². The van der Waals surface area contributed by atoms with Crippen LogP contribution in [0.3, 0.4) is 0 Å². The summed E-state index contributed by atoms with van der Waals surface area (Å²) in [6.07, 6.45) is 0. The lowest BCUT2D eigenvalue weighted by atomic mass is 9.94. The molecule has 2 aromatic rings. The predicted octanol–water partition coefficient (Wildman–Crippen LogP) is 3.97. The summed E-state index contributed by atoms with van der Waals surface area (Å²) in [7, 11) is 3.20. The second-order valence-corrected chi connectivity index (χ2v) is 9.83. The average Bonchev–Trinajstić information content (AvgIpc) is 2.91. The van der Waals surface area contributed by atoms with E-state index >= 15 is 0 Å². The van der Waals surface area contributed by atoms with Crippen molar-refractivity contribution in [2.45, 2.75) is 13.0 Å². The van der Waals surface area contributed by atoms with Gasteiger partial charge in [0.1, 0.15) is 5.75 Å². The number of rotatable bonds is 7. The Balaban J connectivity index is 1.56. The summed E-state index contributed by atoms with van der Waals surface area (Å²) in [6, 6.07) is 10.8. The molecule has 2 heterocycles. The fourth-order valence-corrected chi connectivity index (χ4v) is 5.12. The lowest BCUT2D eigenvalue weighted by Gasteiger charge is -2.39. The highest BCUT2D eigenvalue weighted by atomic mass is 35.5. The molecule has 0 aliphatic carbocycles. The van der Waals surface area contributed by atoms with Gasteiger partial charge in [0, 0.05) is 61.1 Å². The molecule has 2 aliphatic rings. The molecule has 1 fully saturated rings. The molecule has 3 amide bonds. The van der Waals surface area contributed by atoms with E-state index in [0.717, 1.165) is 0 Å². The molecule has 1 atom stereocenters. The number of hydrogen-bond donors (Lipinski definition) is 1. The van der Waals surface area contributed by atoms with Crippen molar-refractivity contribution in [2.24, 2.45) is 0 Å². The maximum absolute atomic E-state index is 13.2. The molecule has 1 N–H and O–H groups in total. The first kappa shape index (κ1) is 27.8. The first-order valence-electron chi connectivity index (χ1n) is 12.3. The number of hydrogen-bond acceptors (Lipinski definition) is 6. The number of ether oxygens (including phenoxy) is 2. The quantitative estimate of drug-likeness (QED) is 0.515. The van der Waals surface area contributed by atoms with E-state index in [9.17, 15) is 14.4 Å². The lowest BCUT2D eigenvalue weighted by Crippen LogP contribution is -2.53. The van der Waals surface area contributed by atoms with Crippen molar-refractivity contribution in [1.29, 1.82) is 0 Å². The van der Waals surface area contributed by atoms with Gasteiger partial charge in [0.05, 0.1) is 25.3 Å². The molecule has 0 aromatic heterocycles. The molecule has 1 saturated heterocycles. The second-order valence-electron chi connectivity index (χ2n) is 8.99. The molecule has 38 heavy (non-hydrogen) atoms. The standard InChI is InChI=1S/C27H30Cl2N4O5/c1-4-38-26(35)23-22(31(2)27(36)30-24(23)20-10-7-18(28)15-21(20)29)16-32-11-13-33(14-12-32)25(34)17-5-8-19(37-3)9-6-17/h5-10,15,24H,4,11-14,16H2,1-3H3,(H,30,36). The van der Waals surface area contributed by atoms with Crippen LogP contribution in [0.2, 0.25) is 10.0 Å². The largest absolute Gasteiger partial charge is 0.497 e. The first-order valence-corrected chi connectivity index (χ1v) is 13.0. The Hall–Kier alpha value is -3.27. The topological polar surface area (TPSA) is 91.4 Å². The number of esters is 1. The van der Waals surface area contributed by atoms with E-state index < -0.39 is 12.0 Å². The zero-order chi connectivity index (χ0) is 27.4. The van der Waals surface area contributed by atoms with Gasteiger partial charge in [-0.1, -0.05) is 29.3 Å². The summed E-state index contributed by atoms with van der Waals surface area (Å²) in [4.78, 5) is 44.5. The van der Waals surface area contributed by atoms with Crippen molar-refractivity contribution in [3.05, 3.63) is 74.9 Å². The molecule has 2 aliphatic heterocycles. The van der Waals surface area contributed by atoms with Crippen molar-refractivity contribution in [3.63, 3.8) is 0 Å². The Labute approximate surface area is 231 Å². The minimum Gasteiger partial charge on any atom is -0.497 e. The number of amides is 3. The predicted molar refractivity (Wildman–Crippen MR) is 144 cm³/mol. The van der Waals surface area contributed by atoms with Crippen LogP contribution in [0.15, 0.2) is 53.7 Å². The number of likely N-dealkylation sites (N-methyl/N-ethyl adjacent to an activating group) is 1. The van der Waals surface area contributed by atoms with E-state index in [1.165, 1.54) is 4.90 Å². The van der Waals surface area contributed by atoms with Gasteiger partial charge in [0.2, 0.25) is 0 Å². The summed E-state index contributed by atoms with van der Waals surface area (Å²) in [5, 5.41) is 3.65. The van der Waals surface area contributed by atoms with Crippen LogP contribution in [0, 0.1) is 0 Å². The monoisotopic (exact) mass is 560 g/mol. The highest BCUT2D eigenvalue weighted by molar-refractivity contribution is 6.35. The fraction of sp³-hybridized carbons (Fsp3) is 0.370. The van der Waals surface area contributed by atoms with Crippen LogP contribution in [0.4, 0.5) is 4.79 Å². The maximum Gasteiger partial charge on any atom is 0.338 e. The molecule has 0 bridgehead atoms. The normalized spacial score (nSPS) is 18.3. The number of benzene rings is 2. The molecular formula is C27H30Cl2N4O5. The number of piperazine rings is 1. The zero-order valence-electron chi connectivity index (χ0n) is 21.5. The number of halogens is 2. The van der Waals surface area contributed by atoms with Crippen LogP contribution in [0.5, 0.6) is 5.75 Å². The maximum atomic E-state index is 13.2. The number of nitrogens with zero attached hydrogens (tertiary/aromatic N) is 3. The third-order valence-corrected chi connectivity index (χ3v) is 7.28. The van der Waals surface area contributed by atoms with Crippen molar-refractivity contribution < 1.29 is 23.9 Å². The smallest absolute Gasteiger partial charge is 0.338 e. The minimum absolute atomic E-state index is 0.0506.